The molecule has 0 unspecified atom stereocenters. The number of H-pyrrole nitrogens is 2. The van der Waals surface area contributed by atoms with Crippen LogP contribution in [0, 0.1) is 20.8 Å². The molecule has 7 heteroatoms. The second-order valence-corrected chi connectivity index (χ2v) is 4.02. The zero-order chi connectivity index (χ0) is 13.3. The molecule has 0 spiro atoms. The summed E-state index contributed by atoms with van der Waals surface area (Å²) in [5.41, 5.74) is 1.53. The maximum atomic E-state index is 12.1. The first-order chi connectivity index (χ1) is 8.50. The molecule has 18 heavy (non-hydrogen) atoms. The van der Waals surface area contributed by atoms with Gasteiger partial charge in [0.05, 0.1) is 11.9 Å². The summed E-state index contributed by atoms with van der Waals surface area (Å²) in [6, 6.07) is 0. The van der Waals surface area contributed by atoms with Crippen LogP contribution in [0.5, 0.6) is 0 Å². The van der Waals surface area contributed by atoms with Crippen molar-refractivity contribution in [2.45, 2.75) is 20.8 Å². The van der Waals surface area contributed by atoms with Crippen molar-refractivity contribution < 1.29 is 4.79 Å². The summed E-state index contributed by atoms with van der Waals surface area (Å²) in [4.78, 5) is 23.7. The van der Waals surface area contributed by atoms with Crippen molar-refractivity contribution in [3.05, 3.63) is 38.9 Å². The molecule has 0 saturated heterocycles. The molecule has 94 valence electrons. The van der Waals surface area contributed by atoms with E-state index in [4.69, 9.17) is 0 Å². The molecular weight excluding hydrogens is 234 g/mol. The number of carbonyl (C=O) groups excluding carboxylic acids is 1. The molecule has 0 aromatic carbocycles. The molecule has 0 bridgehead atoms. The van der Waals surface area contributed by atoms with Crippen LogP contribution in [0.15, 0.2) is 11.0 Å². The molecule has 0 radical (unpaired) electrons. The van der Waals surface area contributed by atoms with Crippen molar-refractivity contribution in [1.82, 2.24) is 20.4 Å². The third-order valence-electron chi connectivity index (χ3n) is 2.76. The molecule has 7 nitrogen and oxygen atoms in total. The number of anilines is 1. The Bertz CT molecular complexity index is 656. The molecule has 0 saturated carbocycles. The maximum absolute atomic E-state index is 12.1. The van der Waals surface area contributed by atoms with E-state index >= 15 is 0 Å². The maximum Gasteiger partial charge on any atom is 0.277 e. The highest BCUT2D eigenvalue weighted by molar-refractivity contribution is 6.04. The highest BCUT2D eigenvalue weighted by Gasteiger charge is 2.17. The molecule has 0 atom stereocenters. The third kappa shape index (κ3) is 2.02. The van der Waals surface area contributed by atoms with Gasteiger partial charge in [0.25, 0.3) is 11.5 Å². The topological polar surface area (TPSA) is 104 Å². The number of aromatic nitrogens is 4. The predicted molar refractivity (Wildman–Crippen MR) is 65.6 cm³/mol. The molecule has 2 aromatic heterocycles. The lowest BCUT2D eigenvalue weighted by Crippen LogP contribution is -2.26. The zero-order valence-electron chi connectivity index (χ0n) is 10.3. The number of amides is 1. The molecule has 1 amide bonds. The smallest absolute Gasteiger partial charge is 0.277 e. The lowest BCUT2D eigenvalue weighted by Gasteiger charge is -2.07. The van der Waals surface area contributed by atoms with Crippen molar-refractivity contribution in [1.29, 1.82) is 0 Å². The van der Waals surface area contributed by atoms with Gasteiger partial charge in [0.15, 0.2) is 0 Å². The lowest BCUT2D eigenvalue weighted by atomic mass is 10.1. The number of rotatable bonds is 2. The Balaban J connectivity index is 2.39. The number of nitrogens with zero attached hydrogens (tertiary/aromatic N) is 2. The normalized spacial score (nSPS) is 10.4. The molecule has 2 rings (SSSR count). The molecular formula is C11H13N5O2. The van der Waals surface area contributed by atoms with Gasteiger partial charge in [0.2, 0.25) is 0 Å². The molecule has 2 heterocycles. The minimum Gasteiger partial charge on any atom is -0.307 e. The number of hydrogen-bond acceptors (Lipinski definition) is 4. The monoisotopic (exact) mass is 247 g/mol. The van der Waals surface area contributed by atoms with Gasteiger partial charge in [-0.25, -0.2) is 5.10 Å². The Morgan fingerprint density at radius 3 is 2.61 bits per heavy atom. The van der Waals surface area contributed by atoms with Crippen LogP contribution < -0.4 is 10.9 Å². The molecule has 0 aliphatic rings. The second-order valence-electron chi connectivity index (χ2n) is 4.02. The number of hydrogen-bond donors (Lipinski definition) is 3. The third-order valence-corrected chi connectivity index (χ3v) is 2.76. The van der Waals surface area contributed by atoms with E-state index in [9.17, 15) is 9.59 Å². The van der Waals surface area contributed by atoms with E-state index in [2.05, 4.69) is 25.7 Å². The number of aryl methyl sites for hydroxylation is 2. The fraction of sp³-hybridized carbons (Fsp3) is 0.273. The van der Waals surface area contributed by atoms with E-state index in [0.29, 0.717) is 17.1 Å². The van der Waals surface area contributed by atoms with Gasteiger partial charge in [-0.15, -0.1) is 0 Å². The second kappa shape index (κ2) is 4.44. The van der Waals surface area contributed by atoms with E-state index in [0.717, 1.165) is 5.56 Å². The zero-order valence-corrected chi connectivity index (χ0v) is 10.3. The predicted octanol–water partition coefficient (Wildman–Crippen LogP) is 0.671. The van der Waals surface area contributed by atoms with Gasteiger partial charge in [-0.2, -0.15) is 10.2 Å². The van der Waals surface area contributed by atoms with Crippen LogP contribution in [-0.2, 0) is 0 Å². The summed E-state index contributed by atoms with van der Waals surface area (Å²) in [7, 11) is 0. The van der Waals surface area contributed by atoms with Gasteiger partial charge in [-0.1, -0.05) is 0 Å². The van der Waals surface area contributed by atoms with Gasteiger partial charge < -0.3 is 5.32 Å². The van der Waals surface area contributed by atoms with Crippen molar-refractivity contribution in [3.63, 3.8) is 0 Å². The van der Waals surface area contributed by atoms with Crippen molar-refractivity contribution in [2.75, 3.05) is 5.32 Å². The Labute approximate surface area is 103 Å². The minimum absolute atomic E-state index is 0.0662. The molecule has 2 aromatic rings. The van der Waals surface area contributed by atoms with Crippen LogP contribution >= 0.6 is 0 Å². The first-order valence-corrected chi connectivity index (χ1v) is 5.38. The van der Waals surface area contributed by atoms with Gasteiger partial charge in [0, 0.05) is 5.56 Å². The number of aromatic amines is 2. The van der Waals surface area contributed by atoms with Gasteiger partial charge in [-0.05, 0) is 26.3 Å². The fourth-order valence-corrected chi connectivity index (χ4v) is 1.55. The molecule has 0 aliphatic carbocycles. The Morgan fingerprint density at radius 1 is 1.28 bits per heavy atom. The van der Waals surface area contributed by atoms with E-state index in [1.165, 1.54) is 0 Å². The lowest BCUT2D eigenvalue weighted by molar-refractivity contribution is 0.102. The van der Waals surface area contributed by atoms with Crippen LogP contribution in [0.2, 0.25) is 0 Å². The number of carbonyl (C=O) groups is 1. The van der Waals surface area contributed by atoms with Gasteiger partial charge in [-0.3, -0.25) is 14.7 Å². The number of nitrogens with one attached hydrogen (secondary N) is 3. The first-order valence-electron chi connectivity index (χ1n) is 5.38. The van der Waals surface area contributed by atoms with Crippen molar-refractivity contribution in [3.8, 4) is 0 Å². The summed E-state index contributed by atoms with van der Waals surface area (Å²) in [6.07, 6.45) is 1.59. The summed E-state index contributed by atoms with van der Waals surface area (Å²) in [5.74, 6) is -0.000125. The SMILES string of the molecule is Cc1cn[nH]c1NC(=O)c1c(C)c(C)n[nH]c1=O. The summed E-state index contributed by atoms with van der Waals surface area (Å²) in [5, 5.41) is 15.1. The Morgan fingerprint density at radius 2 is 2.00 bits per heavy atom. The molecule has 3 N–H and O–H groups in total. The summed E-state index contributed by atoms with van der Waals surface area (Å²) >= 11 is 0. The quantitative estimate of drug-likeness (QED) is 0.725. The molecule has 0 aliphatic heterocycles. The highest BCUT2D eigenvalue weighted by atomic mass is 16.2. The average Bonchev–Trinajstić information content (AvgIpc) is 2.70. The van der Waals surface area contributed by atoms with Crippen LogP contribution in [0.25, 0.3) is 0 Å². The summed E-state index contributed by atoms with van der Waals surface area (Å²) in [6.45, 7) is 5.21. The first kappa shape index (κ1) is 12.0. The van der Waals surface area contributed by atoms with Crippen LogP contribution in [0.3, 0.4) is 0 Å². The van der Waals surface area contributed by atoms with E-state index in [-0.39, 0.29) is 5.56 Å². The van der Waals surface area contributed by atoms with E-state index in [1.807, 2.05) is 0 Å². The van der Waals surface area contributed by atoms with Crippen LogP contribution in [0.1, 0.15) is 27.2 Å². The minimum atomic E-state index is -0.507. The highest BCUT2D eigenvalue weighted by Crippen LogP contribution is 2.11. The standard InChI is InChI=1S/C11H13N5O2/c1-5-4-12-15-9(5)13-10(17)8-6(2)7(3)14-16-11(8)18/h4H,1-3H3,(H,16,18)(H2,12,13,15,17). The van der Waals surface area contributed by atoms with E-state index in [1.54, 1.807) is 27.0 Å². The fourth-order valence-electron chi connectivity index (χ4n) is 1.55. The Kier molecular flexibility index (Phi) is 2.97. The van der Waals surface area contributed by atoms with Gasteiger partial charge in [0.1, 0.15) is 11.4 Å². The van der Waals surface area contributed by atoms with Crippen LogP contribution in [-0.4, -0.2) is 26.3 Å². The van der Waals surface area contributed by atoms with E-state index < -0.39 is 11.5 Å². The van der Waals surface area contributed by atoms with Crippen molar-refractivity contribution in [2.24, 2.45) is 0 Å². The Hall–Kier alpha value is -2.44. The average molecular weight is 247 g/mol. The van der Waals surface area contributed by atoms with Gasteiger partial charge >= 0.3 is 0 Å². The van der Waals surface area contributed by atoms with Crippen LogP contribution in [0.4, 0.5) is 5.82 Å². The summed E-state index contributed by atoms with van der Waals surface area (Å²) < 4.78 is 0. The van der Waals surface area contributed by atoms with Crippen molar-refractivity contribution >= 4 is 11.7 Å². The largest absolute Gasteiger partial charge is 0.307 e. The molecule has 0 fully saturated rings.